The molecular formula is C23H29ClF3N5O2Si. The molecule has 0 spiro atoms. The number of anilines is 2. The zero-order valence-corrected chi connectivity index (χ0v) is 22.0. The average Bonchev–Trinajstić information content (AvgIpc) is 3.18. The number of halogens is 4. The lowest BCUT2D eigenvalue weighted by Gasteiger charge is -2.48. The first kappa shape index (κ1) is 25.6. The van der Waals surface area contributed by atoms with E-state index in [2.05, 4.69) is 40.5 Å². The SMILES string of the molecule is CC1(C)c2[nH]nc(NC(=O)C3([Si](C)(C)C)CCC3)c2CN1C(=O)Nc1c(Cl)cccc1C(F)(F)F. The summed E-state index contributed by atoms with van der Waals surface area (Å²) in [6.45, 7) is 10.1. The van der Waals surface area contributed by atoms with Crippen LogP contribution < -0.4 is 10.6 Å². The first-order valence-electron chi connectivity index (χ1n) is 11.4. The van der Waals surface area contributed by atoms with E-state index in [-0.39, 0.29) is 22.5 Å². The molecule has 0 bridgehead atoms. The van der Waals surface area contributed by atoms with Crippen molar-refractivity contribution in [2.75, 3.05) is 10.6 Å². The van der Waals surface area contributed by atoms with E-state index in [1.54, 1.807) is 13.8 Å². The minimum absolute atomic E-state index is 0.0520. The van der Waals surface area contributed by atoms with Gasteiger partial charge < -0.3 is 15.5 Å². The number of fused-ring (bicyclic) bond motifs is 1. The number of aromatic amines is 1. The molecule has 2 aromatic rings. The largest absolute Gasteiger partial charge is 0.418 e. The minimum atomic E-state index is -4.69. The molecular weight excluding hydrogens is 499 g/mol. The van der Waals surface area contributed by atoms with E-state index in [1.165, 1.54) is 17.0 Å². The number of amides is 3. The van der Waals surface area contributed by atoms with Crippen molar-refractivity contribution in [2.45, 2.75) is 76.0 Å². The maximum Gasteiger partial charge on any atom is 0.418 e. The molecule has 1 aliphatic carbocycles. The molecule has 2 aliphatic rings. The number of alkyl halides is 3. The second kappa shape index (κ2) is 8.26. The molecule has 3 N–H and O–H groups in total. The third-order valence-corrected chi connectivity index (χ3v) is 11.5. The monoisotopic (exact) mass is 527 g/mol. The lowest BCUT2D eigenvalue weighted by Crippen LogP contribution is -2.52. The number of hydrogen-bond donors (Lipinski definition) is 3. The van der Waals surface area contributed by atoms with Crippen molar-refractivity contribution < 1.29 is 22.8 Å². The zero-order valence-electron chi connectivity index (χ0n) is 20.3. The van der Waals surface area contributed by atoms with Crippen LogP contribution in [0.1, 0.15) is 49.9 Å². The second-order valence-electron chi connectivity index (χ2n) is 10.8. The van der Waals surface area contributed by atoms with Crippen LogP contribution in [0.15, 0.2) is 18.2 Å². The van der Waals surface area contributed by atoms with Crippen molar-refractivity contribution in [3.63, 3.8) is 0 Å². The van der Waals surface area contributed by atoms with Crippen molar-refractivity contribution in [1.82, 2.24) is 15.1 Å². The molecule has 12 heteroatoms. The summed E-state index contributed by atoms with van der Waals surface area (Å²) in [5, 5.41) is 12.0. The Bertz CT molecular complexity index is 1180. The number of urea groups is 1. The van der Waals surface area contributed by atoms with Crippen LogP contribution in [0.2, 0.25) is 29.7 Å². The van der Waals surface area contributed by atoms with Crippen LogP contribution in [0, 0.1) is 0 Å². The number of para-hydroxylation sites is 1. The zero-order chi connectivity index (χ0) is 26.0. The number of hydrogen-bond acceptors (Lipinski definition) is 3. The van der Waals surface area contributed by atoms with Crippen LogP contribution in [0.5, 0.6) is 0 Å². The van der Waals surface area contributed by atoms with Gasteiger partial charge in [0, 0.05) is 10.6 Å². The van der Waals surface area contributed by atoms with Gasteiger partial charge in [-0.05, 0) is 38.8 Å². The third kappa shape index (κ3) is 4.12. The first-order valence-corrected chi connectivity index (χ1v) is 15.3. The summed E-state index contributed by atoms with van der Waals surface area (Å²) in [6, 6.07) is 2.59. The molecule has 4 rings (SSSR count). The Morgan fingerprint density at radius 1 is 1.17 bits per heavy atom. The molecule has 0 atom stereocenters. The number of rotatable bonds is 4. The van der Waals surface area contributed by atoms with Crippen LogP contribution >= 0.6 is 11.6 Å². The van der Waals surface area contributed by atoms with Gasteiger partial charge in [0.1, 0.15) is 0 Å². The Morgan fingerprint density at radius 3 is 2.37 bits per heavy atom. The highest BCUT2D eigenvalue weighted by molar-refractivity contribution is 6.83. The molecule has 0 saturated heterocycles. The van der Waals surface area contributed by atoms with E-state index in [1.807, 2.05) is 0 Å². The summed E-state index contributed by atoms with van der Waals surface area (Å²) >= 11 is 6.01. The highest BCUT2D eigenvalue weighted by Gasteiger charge is 2.54. The number of H-pyrrole nitrogens is 1. The molecule has 3 amide bonds. The number of nitrogens with zero attached hydrogens (tertiary/aromatic N) is 2. The molecule has 1 saturated carbocycles. The summed E-state index contributed by atoms with van der Waals surface area (Å²) in [4.78, 5) is 27.9. The van der Waals surface area contributed by atoms with E-state index in [9.17, 15) is 22.8 Å². The normalized spacial score (nSPS) is 18.6. The fourth-order valence-corrected chi connectivity index (χ4v) is 7.90. The highest BCUT2D eigenvalue weighted by atomic mass is 35.5. The Morgan fingerprint density at radius 2 is 1.83 bits per heavy atom. The first-order chi connectivity index (χ1) is 16.1. The van der Waals surface area contributed by atoms with Crippen molar-refractivity contribution in [2.24, 2.45) is 0 Å². The molecule has 190 valence electrons. The van der Waals surface area contributed by atoms with Gasteiger partial charge in [-0.3, -0.25) is 9.89 Å². The molecule has 1 aromatic carbocycles. The van der Waals surface area contributed by atoms with Crippen molar-refractivity contribution in [1.29, 1.82) is 0 Å². The van der Waals surface area contributed by atoms with Crippen LogP contribution in [0.4, 0.5) is 29.5 Å². The number of carbonyl (C=O) groups is 2. The van der Waals surface area contributed by atoms with Crippen LogP contribution in [0.3, 0.4) is 0 Å². The molecule has 0 unspecified atom stereocenters. The Labute approximate surface area is 207 Å². The second-order valence-corrected chi connectivity index (χ2v) is 16.7. The summed E-state index contributed by atoms with van der Waals surface area (Å²) in [7, 11) is -1.80. The van der Waals surface area contributed by atoms with Crippen molar-refractivity contribution in [3.05, 3.63) is 40.0 Å². The predicted molar refractivity (Wildman–Crippen MR) is 131 cm³/mol. The number of carbonyl (C=O) groups excluding carboxylic acids is 2. The molecule has 1 fully saturated rings. The van der Waals surface area contributed by atoms with Gasteiger partial charge in [-0.1, -0.05) is 43.7 Å². The van der Waals surface area contributed by atoms with E-state index in [0.29, 0.717) is 17.1 Å². The third-order valence-electron chi connectivity index (χ3n) is 7.58. The lowest BCUT2D eigenvalue weighted by molar-refractivity contribution is -0.137. The minimum Gasteiger partial charge on any atom is -0.309 e. The van der Waals surface area contributed by atoms with Crippen molar-refractivity contribution in [3.8, 4) is 0 Å². The van der Waals surface area contributed by atoms with Gasteiger partial charge in [-0.2, -0.15) is 18.3 Å². The lowest BCUT2D eigenvalue weighted by atomic mass is 9.83. The topological polar surface area (TPSA) is 90.1 Å². The summed E-state index contributed by atoms with van der Waals surface area (Å²) < 4.78 is 40.5. The van der Waals surface area contributed by atoms with E-state index >= 15 is 0 Å². The number of nitrogens with one attached hydrogen (secondary N) is 3. The quantitative estimate of drug-likeness (QED) is 0.393. The molecule has 1 aliphatic heterocycles. The Hall–Kier alpha value is -2.53. The van der Waals surface area contributed by atoms with Gasteiger partial charge in [0.2, 0.25) is 5.91 Å². The molecule has 1 aromatic heterocycles. The van der Waals surface area contributed by atoms with Crippen molar-refractivity contribution >= 4 is 43.1 Å². The Kier molecular flexibility index (Phi) is 6.03. The smallest absolute Gasteiger partial charge is 0.309 e. The van der Waals surface area contributed by atoms with Gasteiger partial charge in [-0.25, -0.2) is 4.79 Å². The van der Waals surface area contributed by atoms with E-state index < -0.39 is 37.1 Å². The molecule has 35 heavy (non-hydrogen) atoms. The average molecular weight is 528 g/mol. The number of benzene rings is 1. The van der Waals surface area contributed by atoms with Gasteiger partial charge in [0.05, 0.1) is 42.1 Å². The van der Waals surface area contributed by atoms with E-state index in [4.69, 9.17) is 11.6 Å². The fraction of sp³-hybridized carbons (Fsp3) is 0.522. The molecule has 0 radical (unpaired) electrons. The predicted octanol–water partition coefficient (Wildman–Crippen LogP) is 6.57. The number of aromatic nitrogens is 2. The summed E-state index contributed by atoms with van der Waals surface area (Å²) in [5.74, 6) is 0.301. The summed E-state index contributed by atoms with van der Waals surface area (Å²) in [5.41, 5.74) is -1.18. The summed E-state index contributed by atoms with van der Waals surface area (Å²) in [6.07, 6.45) is -1.98. The fourth-order valence-electron chi connectivity index (χ4n) is 5.08. The van der Waals surface area contributed by atoms with Crippen LogP contribution in [0.25, 0.3) is 0 Å². The molecule has 7 nitrogen and oxygen atoms in total. The van der Waals surface area contributed by atoms with Crippen LogP contribution in [-0.4, -0.2) is 35.1 Å². The highest BCUT2D eigenvalue weighted by Crippen LogP contribution is 2.56. The maximum atomic E-state index is 13.5. The van der Waals surface area contributed by atoms with Gasteiger partial charge in [0.25, 0.3) is 0 Å². The van der Waals surface area contributed by atoms with Gasteiger partial charge in [-0.15, -0.1) is 0 Å². The van der Waals surface area contributed by atoms with Gasteiger partial charge in [0.15, 0.2) is 5.82 Å². The maximum absolute atomic E-state index is 13.5. The standard InChI is InChI=1S/C23H29ClF3N5O2Si/c1-21(2)17-13(18(31-30-17)29-19(33)22(10-7-11-22)35(3,4)5)12-32(21)20(34)28-16-14(23(25,26)27)8-6-9-15(16)24/h6,8-9H,7,10-12H2,1-5H3,(H,28,34)(H2,29,30,31,33). The van der Waals surface area contributed by atoms with Gasteiger partial charge >= 0.3 is 12.2 Å². The van der Waals surface area contributed by atoms with E-state index in [0.717, 1.165) is 25.3 Å². The van der Waals surface area contributed by atoms with Crippen LogP contribution in [-0.2, 0) is 23.1 Å². The Balaban J connectivity index is 1.58. The molecule has 2 heterocycles.